The summed E-state index contributed by atoms with van der Waals surface area (Å²) in [4.78, 5) is 57.7. The minimum Gasteiger partial charge on any atom is -0.331 e. The highest BCUT2D eigenvalue weighted by atomic mass is 16.2. The molecular weight excluding hydrogens is 464 g/mol. The fourth-order valence-corrected chi connectivity index (χ4v) is 5.24. The van der Waals surface area contributed by atoms with Crippen molar-refractivity contribution in [3.8, 4) is 5.69 Å². The number of amides is 4. The average molecular weight is 489 g/mol. The van der Waals surface area contributed by atoms with E-state index in [0.717, 1.165) is 17.1 Å². The summed E-state index contributed by atoms with van der Waals surface area (Å²) >= 11 is 0. The van der Waals surface area contributed by atoms with Gasteiger partial charge in [-0.2, -0.15) is 0 Å². The van der Waals surface area contributed by atoms with E-state index in [1.165, 1.54) is 9.58 Å². The average Bonchev–Trinajstić information content (AvgIpc) is 3.56. The van der Waals surface area contributed by atoms with Gasteiger partial charge in [0.05, 0.1) is 23.6 Å². The van der Waals surface area contributed by atoms with Crippen molar-refractivity contribution in [1.82, 2.24) is 39.7 Å². The fraction of sp³-hybridized carbons (Fsp3) is 0.375. The molecule has 184 valence electrons. The minimum atomic E-state index is -0.674. The Labute approximate surface area is 205 Å². The molecule has 1 N–H and O–H groups in total. The smallest absolute Gasteiger partial charge is 0.276 e. The molecule has 1 aromatic carbocycles. The number of imidazole rings is 1. The number of piperidine rings is 1. The van der Waals surface area contributed by atoms with Crippen LogP contribution in [0.2, 0.25) is 0 Å². The summed E-state index contributed by atoms with van der Waals surface area (Å²) in [6.07, 6.45) is 4.08. The van der Waals surface area contributed by atoms with E-state index in [4.69, 9.17) is 0 Å². The number of hydrogen-bond donors (Lipinski definition) is 1. The molecule has 0 spiro atoms. The van der Waals surface area contributed by atoms with Crippen molar-refractivity contribution in [3.05, 3.63) is 58.9 Å². The first-order chi connectivity index (χ1) is 17.3. The van der Waals surface area contributed by atoms with Gasteiger partial charge in [-0.1, -0.05) is 5.21 Å². The van der Waals surface area contributed by atoms with Gasteiger partial charge >= 0.3 is 0 Å². The molecule has 2 unspecified atom stereocenters. The van der Waals surface area contributed by atoms with Gasteiger partial charge in [0.15, 0.2) is 5.69 Å². The Bertz CT molecular complexity index is 1440. The molecule has 36 heavy (non-hydrogen) atoms. The Morgan fingerprint density at radius 2 is 1.97 bits per heavy atom. The highest BCUT2D eigenvalue weighted by Gasteiger charge is 2.39. The first-order valence-electron chi connectivity index (χ1n) is 11.8. The van der Waals surface area contributed by atoms with Gasteiger partial charge in [-0.3, -0.25) is 24.5 Å². The number of benzene rings is 1. The summed E-state index contributed by atoms with van der Waals surface area (Å²) in [5.74, 6) is -0.382. The fourth-order valence-electron chi connectivity index (χ4n) is 5.24. The second kappa shape index (κ2) is 8.11. The van der Waals surface area contributed by atoms with E-state index in [1.807, 2.05) is 26.1 Å². The molecule has 0 bridgehead atoms. The second-order valence-corrected chi connectivity index (χ2v) is 9.40. The van der Waals surface area contributed by atoms with Crippen LogP contribution in [-0.4, -0.2) is 70.6 Å². The van der Waals surface area contributed by atoms with Crippen LogP contribution in [0.25, 0.3) is 5.69 Å². The normalized spacial score (nSPS) is 21.4. The van der Waals surface area contributed by atoms with Gasteiger partial charge in [0.1, 0.15) is 11.9 Å². The maximum atomic E-state index is 13.2. The van der Waals surface area contributed by atoms with Crippen LogP contribution in [0.5, 0.6) is 0 Å². The lowest BCUT2D eigenvalue weighted by Gasteiger charge is -2.33. The molecule has 3 aliphatic heterocycles. The predicted molar refractivity (Wildman–Crippen MR) is 124 cm³/mol. The van der Waals surface area contributed by atoms with E-state index in [9.17, 15) is 19.2 Å². The maximum Gasteiger partial charge on any atom is 0.276 e. The Morgan fingerprint density at radius 1 is 1.14 bits per heavy atom. The standard InChI is InChI=1S/C24H24N8O4/c1-13-10-29-7-8-30(14(2)21(29)25-13)24(36)18-12-32(28-27-18)16-3-4-17-15(9-16)11-31(23(17)35)19-5-6-20(33)26-22(19)34/h3-4,9-10,12,14,19H,5-8,11H2,1-2H3,(H,26,33,34). The van der Waals surface area contributed by atoms with Crippen molar-refractivity contribution in [1.29, 1.82) is 0 Å². The monoisotopic (exact) mass is 488 g/mol. The van der Waals surface area contributed by atoms with Gasteiger partial charge in [-0.25, -0.2) is 9.67 Å². The molecule has 2 atom stereocenters. The molecule has 0 aliphatic carbocycles. The summed E-state index contributed by atoms with van der Waals surface area (Å²) < 4.78 is 3.58. The Balaban J connectivity index is 1.21. The van der Waals surface area contributed by atoms with Gasteiger partial charge in [-0.05, 0) is 44.0 Å². The Morgan fingerprint density at radius 3 is 2.78 bits per heavy atom. The summed E-state index contributed by atoms with van der Waals surface area (Å²) in [5, 5.41) is 10.6. The van der Waals surface area contributed by atoms with Gasteiger partial charge in [-0.15, -0.1) is 5.10 Å². The van der Waals surface area contributed by atoms with E-state index < -0.39 is 11.9 Å². The highest BCUT2D eigenvalue weighted by molar-refractivity contribution is 6.05. The summed E-state index contributed by atoms with van der Waals surface area (Å²) in [6.45, 7) is 5.36. The second-order valence-electron chi connectivity index (χ2n) is 9.40. The van der Waals surface area contributed by atoms with Gasteiger partial charge in [0, 0.05) is 37.8 Å². The number of imide groups is 1. The summed E-state index contributed by atoms with van der Waals surface area (Å²) in [5.41, 5.74) is 3.05. The lowest BCUT2D eigenvalue weighted by molar-refractivity contribution is -0.136. The number of aryl methyl sites for hydroxylation is 1. The van der Waals surface area contributed by atoms with Crippen LogP contribution in [0.1, 0.15) is 63.7 Å². The van der Waals surface area contributed by atoms with E-state index in [0.29, 0.717) is 30.8 Å². The van der Waals surface area contributed by atoms with Crippen LogP contribution < -0.4 is 5.32 Å². The lowest BCUT2D eigenvalue weighted by atomic mass is 10.0. The van der Waals surface area contributed by atoms with Crippen LogP contribution in [0.3, 0.4) is 0 Å². The largest absolute Gasteiger partial charge is 0.331 e. The highest BCUT2D eigenvalue weighted by Crippen LogP contribution is 2.29. The molecule has 3 aromatic rings. The quantitative estimate of drug-likeness (QED) is 0.538. The van der Waals surface area contributed by atoms with Crippen molar-refractivity contribution < 1.29 is 19.2 Å². The molecule has 6 rings (SSSR count). The molecule has 0 saturated carbocycles. The molecular formula is C24H24N8O4. The topological polar surface area (TPSA) is 135 Å². The van der Waals surface area contributed by atoms with Gasteiger partial charge in [0.25, 0.3) is 11.8 Å². The first kappa shape index (κ1) is 22.1. The summed E-state index contributed by atoms with van der Waals surface area (Å²) in [6, 6.07) is 4.38. The van der Waals surface area contributed by atoms with Crippen molar-refractivity contribution in [2.45, 2.75) is 51.9 Å². The zero-order chi connectivity index (χ0) is 25.1. The molecule has 12 nitrogen and oxygen atoms in total. The molecule has 1 saturated heterocycles. The number of rotatable bonds is 3. The molecule has 0 radical (unpaired) electrons. The third-order valence-corrected chi connectivity index (χ3v) is 7.10. The zero-order valence-corrected chi connectivity index (χ0v) is 19.8. The Kier molecular flexibility index (Phi) is 4.99. The molecule has 1 fully saturated rings. The molecule has 2 aromatic heterocycles. The Hall–Kier alpha value is -4.35. The van der Waals surface area contributed by atoms with Crippen LogP contribution in [0.15, 0.2) is 30.6 Å². The van der Waals surface area contributed by atoms with Crippen molar-refractivity contribution in [2.24, 2.45) is 0 Å². The number of aromatic nitrogens is 5. The number of fused-ring (bicyclic) bond motifs is 2. The van der Waals surface area contributed by atoms with Gasteiger partial charge in [0.2, 0.25) is 11.8 Å². The third kappa shape index (κ3) is 3.48. The predicted octanol–water partition coefficient (Wildman–Crippen LogP) is 0.750. The zero-order valence-electron chi connectivity index (χ0n) is 19.8. The van der Waals surface area contributed by atoms with Crippen molar-refractivity contribution >= 4 is 23.6 Å². The van der Waals surface area contributed by atoms with Crippen molar-refractivity contribution in [3.63, 3.8) is 0 Å². The number of carbonyl (C=O) groups is 4. The van der Waals surface area contributed by atoms with Crippen LogP contribution in [0, 0.1) is 6.92 Å². The van der Waals surface area contributed by atoms with E-state index in [2.05, 4.69) is 25.2 Å². The summed E-state index contributed by atoms with van der Waals surface area (Å²) in [7, 11) is 0. The molecule has 4 amide bonds. The maximum absolute atomic E-state index is 13.2. The lowest BCUT2D eigenvalue weighted by Crippen LogP contribution is -2.52. The minimum absolute atomic E-state index is 0.186. The van der Waals surface area contributed by atoms with E-state index in [-0.39, 0.29) is 42.4 Å². The molecule has 3 aliphatic rings. The van der Waals surface area contributed by atoms with Gasteiger partial charge < -0.3 is 14.4 Å². The SMILES string of the molecule is Cc1cn2c(n1)C(C)N(C(=O)c1cn(-c3ccc4c(c3)CN(C3CCC(=O)NC3=O)C4=O)nn1)CC2. The molecule has 5 heterocycles. The van der Waals surface area contributed by atoms with Crippen LogP contribution in [0.4, 0.5) is 0 Å². The number of hydrogen-bond acceptors (Lipinski definition) is 7. The van der Waals surface area contributed by atoms with E-state index in [1.54, 1.807) is 23.2 Å². The number of nitrogens with one attached hydrogen (secondary N) is 1. The number of carbonyl (C=O) groups excluding carboxylic acids is 4. The molecule has 12 heteroatoms. The van der Waals surface area contributed by atoms with Crippen molar-refractivity contribution in [2.75, 3.05) is 6.54 Å². The van der Waals surface area contributed by atoms with Crippen LogP contribution >= 0.6 is 0 Å². The third-order valence-electron chi connectivity index (χ3n) is 7.10. The number of nitrogens with zero attached hydrogens (tertiary/aromatic N) is 7. The van der Waals surface area contributed by atoms with E-state index >= 15 is 0 Å². The van der Waals surface area contributed by atoms with Crippen LogP contribution in [-0.2, 0) is 22.7 Å². The first-order valence-corrected chi connectivity index (χ1v) is 11.8.